The Balaban J connectivity index is 2.60. The molecule has 2 aromatic rings. The van der Waals surface area contributed by atoms with Crippen molar-refractivity contribution in [1.29, 1.82) is 0 Å². The summed E-state index contributed by atoms with van der Waals surface area (Å²) in [5, 5.41) is 1.19. The fourth-order valence-electron chi connectivity index (χ4n) is 2.28. The lowest BCUT2D eigenvalue weighted by Gasteiger charge is -2.12. The van der Waals surface area contributed by atoms with Crippen LogP contribution >= 0.6 is 0 Å². The summed E-state index contributed by atoms with van der Waals surface area (Å²) in [6.07, 6.45) is 3.86. The summed E-state index contributed by atoms with van der Waals surface area (Å²) in [5.74, 6) is 0.681. The van der Waals surface area contributed by atoms with E-state index in [1.54, 1.807) is 6.33 Å². The van der Waals surface area contributed by atoms with E-state index in [1.807, 2.05) is 6.92 Å². The van der Waals surface area contributed by atoms with Crippen LogP contribution in [0.2, 0.25) is 0 Å². The van der Waals surface area contributed by atoms with Gasteiger partial charge >= 0.3 is 0 Å². The second-order valence-corrected chi connectivity index (χ2v) is 5.05. The molecule has 1 heterocycles. The molecule has 1 aromatic carbocycles. The summed E-state index contributed by atoms with van der Waals surface area (Å²) >= 11 is 0. The third-order valence-electron chi connectivity index (χ3n) is 3.16. The van der Waals surface area contributed by atoms with Crippen molar-refractivity contribution < 1.29 is 0 Å². The van der Waals surface area contributed by atoms with Gasteiger partial charge in [-0.2, -0.15) is 0 Å². The molecule has 1 aromatic heterocycles. The minimum Gasteiger partial charge on any atom is -0.241 e. The molecule has 0 bridgehead atoms. The Kier molecular flexibility index (Phi) is 3.41. The van der Waals surface area contributed by atoms with Crippen molar-refractivity contribution in [3.8, 4) is 0 Å². The first-order valence-electron chi connectivity index (χ1n) is 6.35. The van der Waals surface area contributed by atoms with Crippen LogP contribution in [0.1, 0.15) is 37.6 Å². The predicted octanol–water partition coefficient (Wildman–Crippen LogP) is 3.70. The number of benzene rings is 1. The third-order valence-corrected chi connectivity index (χ3v) is 3.16. The number of rotatable bonds is 3. The van der Waals surface area contributed by atoms with Crippen LogP contribution < -0.4 is 0 Å². The number of hydrogen-bond acceptors (Lipinski definition) is 2. The number of fused-ring (bicyclic) bond motifs is 1. The first-order chi connectivity index (χ1) is 8.11. The lowest BCUT2D eigenvalue weighted by Crippen LogP contribution is -2.00. The van der Waals surface area contributed by atoms with Gasteiger partial charge in [0, 0.05) is 11.1 Å². The van der Waals surface area contributed by atoms with E-state index in [9.17, 15) is 0 Å². The van der Waals surface area contributed by atoms with Crippen LogP contribution in [0, 0.1) is 12.8 Å². The summed E-state index contributed by atoms with van der Waals surface area (Å²) in [5.41, 5.74) is 5.02. The molecule has 0 aliphatic carbocycles. The maximum absolute atomic E-state index is 4.37. The number of hydrogen-bond donors (Lipinski definition) is 0. The molecule has 0 fully saturated rings. The summed E-state index contributed by atoms with van der Waals surface area (Å²) in [6, 6.07) is 4.51. The molecule has 0 amide bonds. The molecule has 2 rings (SSSR count). The molecule has 2 nitrogen and oxygen atoms in total. The van der Waals surface area contributed by atoms with Crippen LogP contribution in [0.15, 0.2) is 18.5 Å². The SMILES string of the molecule is CCc1cc2c(C)ncnc2cc1CC(C)C. The van der Waals surface area contributed by atoms with Crippen molar-refractivity contribution in [3.05, 3.63) is 35.3 Å². The molecular weight excluding hydrogens is 208 g/mol. The highest BCUT2D eigenvalue weighted by atomic mass is 14.8. The van der Waals surface area contributed by atoms with Gasteiger partial charge in [0.2, 0.25) is 0 Å². The number of aromatic nitrogens is 2. The van der Waals surface area contributed by atoms with Crippen molar-refractivity contribution in [3.63, 3.8) is 0 Å². The maximum atomic E-state index is 4.37. The lowest BCUT2D eigenvalue weighted by atomic mass is 9.94. The highest BCUT2D eigenvalue weighted by molar-refractivity contribution is 5.82. The van der Waals surface area contributed by atoms with Gasteiger partial charge in [-0.3, -0.25) is 0 Å². The fraction of sp³-hybridized carbons (Fsp3) is 0.467. The van der Waals surface area contributed by atoms with Crippen LogP contribution in [0.5, 0.6) is 0 Å². The summed E-state index contributed by atoms with van der Waals surface area (Å²) in [7, 11) is 0. The van der Waals surface area contributed by atoms with E-state index in [-0.39, 0.29) is 0 Å². The molecule has 0 unspecified atom stereocenters. The van der Waals surface area contributed by atoms with Gasteiger partial charge in [0.25, 0.3) is 0 Å². The molecule has 0 saturated heterocycles. The second-order valence-electron chi connectivity index (χ2n) is 5.05. The molecular formula is C15H20N2. The quantitative estimate of drug-likeness (QED) is 0.800. The standard InChI is InChI=1S/C15H20N2/c1-5-12-7-14-11(4)16-9-17-15(14)8-13(12)6-10(2)3/h7-10H,5-6H2,1-4H3. The van der Waals surface area contributed by atoms with E-state index in [4.69, 9.17) is 0 Å². The normalized spacial score (nSPS) is 11.4. The lowest BCUT2D eigenvalue weighted by molar-refractivity contribution is 0.643. The van der Waals surface area contributed by atoms with Crippen molar-refractivity contribution >= 4 is 10.9 Å². The highest BCUT2D eigenvalue weighted by Gasteiger charge is 2.08. The predicted molar refractivity (Wildman–Crippen MR) is 72.2 cm³/mol. The number of aryl methyl sites for hydroxylation is 2. The molecule has 0 aliphatic rings. The van der Waals surface area contributed by atoms with Crippen molar-refractivity contribution in [2.75, 3.05) is 0 Å². The van der Waals surface area contributed by atoms with Gasteiger partial charge in [0.15, 0.2) is 0 Å². The zero-order chi connectivity index (χ0) is 12.4. The highest BCUT2D eigenvalue weighted by Crippen LogP contribution is 2.22. The van der Waals surface area contributed by atoms with Gasteiger partial charge in [0.05, 0.1) is 5.52 Å². The number of nitrogens with zero attached hydrogens (tertiary/aromatic N) is 2. The van der Waals surface area contributed by atoms with E-state index < -0.39 is 0 Å². The molecule has 0 spiro atoms. The topological polar surface area (TPSA) is 25.8 Å². The Morgan fingerprint density at radius 2 is 1.88 bits per heavy atom. The van der Waals surface area contributed by atoms with Gasteiger partial charge in [-0.15, -0.1) is 0 Å². The van der Waals surface area contributed by atoms with Gasteiger partial charge in [-0.25, -0.2) is 9.97 Å². The van der Waals surface area contributed by atoms with Gasteiger partial charge in [-0.1, -0.05) is 20.8 Å². The third kappa shape index (κ3) is 2.46. The Hall–Kier alpha value is -1.44. The molecule has 0 aliphatic heterocycles. The van der Waals surface area contributed by atoms with Crippen LogP contribution in [0.3, 0.4) is 0 Å². The maximum Gasteiger partial charge on any atom is 0.116 e. The second kappa shape index (κ2) is 4.82. The van der Waals surface area contributed by atoms with E-state index in [2.05, 4.69) is 42.9 Å². The van der Waals surface area contributed by atoms with Crippen molar-refractivity contribution in [2.45, 2.75) is 40.5 Å². The first-order valence-corrected chi connectivity index (χ1v) is 6.35. The van der Waals surface area contributed by atoms with Gasteiger partial charge in [-0.05, 0) is 48.9 Å². The van der Waals surface area contributed by atoms with E-state index in [0.717, 1.165) is 24.1 Å². The fourth-order valence-corrected chi connectivity index (χ4v) is 2.28. The zero-order valence-corrected chi connectivity index (χ0v) is 11.1. The molecule has 17 heavy (non-hydrogen) atoms. The minimum absolute atomic E-state index is 0.681. The summed E-state index contributed by atoms with van der Waals surface area (Å²) in [4.78, 5) is 8.64. The van der Waals surface area contributed by atoms with Crippen LogP contribution in [-0.4, -0.2) is 9.97 Å². The Labute approximate surface area is 103 Å². The smallest absolute Gasteiger partial charge is 0.116 e. The van der Waals surface area contributed by atoms with E-state index in [0.29, 0.717) is 5.92 Å². The average Bonchev–Trinajstić information content (AvgIpc) is 2.28. The van der Waals surface area contributed by atoms with Crippen LogP contribution in [-0.2, 0) is 12.8 Å². The molecule has 90 valence electrons. The molecule has 0 radical (unpaired) electrons. The molecule has 0 atom stereocenters. The summed E-state index contributed by atoms with van der Waals surface area (Å²) in [6.45, 7) is 8.78. The molecule has 2 heteroatoms. The molecule has 0 saturated carbocycles. The van der Waals surface area contributed by atoms with Crippen LogP contribution in [0.4, 0.5) is 0 Å². The van der Waals surface area contributed by atoms with Crippen molar-refractivity contribution in [2.24, 2.45) is 5.92 Å². The first kappa shape index (κ1) is 12.0. The largest absolute Gasteiger partial charge is 0.241 e. The van der Waals surface area contributed by atoms with Gasteiger partial charge in [0.1, 0.15) is 6.33 Å². The van der Waals surface area contributed by atoms with E-state index in [1.165, 1.54) is 16.5 Å². The Morgan fingerprint density at radius 1 is 1.12 bits per heavy atom. The van der Waals surface area contributed by atoms with Crippen LogP contribution in [0.25, 0.3) is 10.9 Å². The average molecular weight is 228 g/mol. The monoisotopic (exact) mass is 228 g/mol. The minimum atomic E-state index is 0.681. The zero-order valence-electron chi connectivity index (χ0n) is 11.1. The summed E-state index contributed by atoms with van der Waals surface area (Å²) < 4.78 is 0. The van der Waals surface area contributed by atoms with Crippen molar-refractivity contribution in [1.82, 2.24) is 9.97 Å². The Bertz CT molecular complexity index is 530. The molecule has 0 N–H and O–H groups in total. The van der Waals surface area contributed by atoms with E-state index >= 15 is 0 Å². The Morgan fingerprint density at radius 3 is 2.53 bits per heavy atom. The van der Waals surface area contributed by atoms with Gasteiger partial charge < -0.3 is 0 Å².